The summed E-state index contributed by atoms with van der Waals surface area (Å²) in [7, 11) is 0. The van der Waals surface area contributed by atoms with Crippen LogP contribution in [0.3, 0.4) is 0 Å². The largest absolute Gasteiger partial charge is 0.508 e. The van der Waals surface area contributed by atoms with Crippen molar-refractivity contribution in [3.8, 4) is 16.9 Å². The number of aromatic hydroxyl groups is 1. The first-order valence-electron chi connectivity index (χ1n) is 12.0. The number of amides is 2. The SMILES string of the molecule is N=Cc1ccc(O)cc1NCC(=O)NC(Cc1cc(F)cc(F)c1)c1ncccc1-c1ccc(F)c(C(N)=O)c1. The molecule has 1 aromatic heterocycles. The summed E-state index contributed by atoms with van der Waals surface area (Å²) in [6.07, 6.45) is 2.46. The van der Waals surface area contributed by atoms with Crippen molar-refractivity contribution in [1.29, 1.82) is 5.41 Å². The van der Waals surface area contributed by atoms with Crippen molar-refractivity contribution >= 4 is 23.7 Å². The van der Waals surface area contributed by atoms with Crippen molar-refractivity contribution in [2.45, 2.75) is 12.5 Å². The number of halogens is 3. The molecule has 0 saturated heterocycles. The summed E-state index contributed by atoms with van der Waals surface area (Å²) in [6.45, 7) is -0.275. The van der Waals surface area contributed by atoms with E-state index in [4.69, 9.17) is 11.1 Å². The van der Waals surface area contributed by atoms with Gasteiger partial charge in [0.25, 0.3) is 5.91 Å². The van der Waals surface area contributed by atoms with Crippen LogP contribution in [0.5, 0.6) is 5.75 Å². The molecule has 4 rings (SSSR count). The molecule has 8 nitrogen and oxygen atoms in total. The van der Waals surface area contributed by atoms with Gasteiger partial charge in [0.1, 0.15) is 23.2 Å². The van der Waals surface area contributed by atoms with Crippen molar-refractivity contribution < 1.29 is 27.9 Å². The van der Waals surface area contributed by atoms with Crippen molar-refractivity contribution in [3.05, 3.63) is 113 Å². The van der Waals surface area contributed by atoms with Gasteiger partial charge >= 0.3 is 0 Å². The van der Waals surface area contributed by atoms with E-state index < -0.39 is 35.3 Å². The fraction of sp³-hybridized carbons (Fsp3) is 0.103. The van der Waals surface area contributed by atoms with E-state index in [1.165, 1.54) is 36.5 Å². The predicted octanol–water partition coefficient (Wildman–Crippen LogP) is 4.48. The second-order valence-electron chi connectivity index (χ2n) is 8.87. The average Bonchev–Trinajstić information content (AvgIpc) is 2.91. The Kier molecular flexibility index (Phi) is 8.43. The third kappa shape index (κ3) is 6.62. The molecule has 1 unspecified atom stereocenters. The van der Waals surface area contributed by atoms with Gasteiger partial charge in [0.05, 0.1) is 23.8 Å². The molecule has 0 aliphatic carbocycles. The van der Waals surface area contributed by atoms with E-state index in [0.29, 0.717) is 28.1 Å². The highest BCUT2D eigenvalue weighted by Gasteiger charge is 2.22. The van der Waals surface area contributed by atoms with Crippen LogP contribution in [0.4, 0.5) is 18.9 Å². The maximum Gasteiger partial charge on any atom is 0.251 e. The van der Waals surface area contributed by atoms with Gasteiger partial charge in [0.15, 0.2) is 0 Å². The Bertz CT molecular complexity index is 1580. The van der Waals surface area contributed by atoms with Crippen LogP contribution in [0.15, 0.2) is 72.9 Å². The number of carbonyl (C=O) groups is 2. The summed E-state index contributed by atoms with van der Waals surface area (Å²) in [5.74, 6) is -3.95. The molecule has 6 N–H and O–H groups in total. The highest BCUT2D eigenvalue weighted by molar-refractivity contribution is 5.94. The van der Waals surface area contributed by atoms with Crippen LogP contribution in [-0.2, 0) is 11.2 Å². The van der Waals surface area contributed by atoms with Crippen LogP contribution in [0.1, 0.15) is 33.2 Å². The third-order valence-electron chi connectivity index (χ3n) is 6.04. The summed E-state index contributed by atoms with van der Waals surface area (Å²) >= 11 is 0. The van der Waals surface area contributed by atoms with E-state index in [1.807, 2.05) is 0 Å². The number of anilines is 1. The number of nitrogens with zero attached hydrogens (tertiary/aromatic N) is 1. The molecule has 40 heavy (non-hydrogen) atoms. The number of phenols is 1. The van der Waals surface area contributed by atoms with Crippen LogP contribution in [0.2, 0.25) is 0 Å². The van der Waals surface area contributed by atoms with E-state index in [-0.39, 0.29) is 29.8 Å². The van der Waals surface area contributed by atoms with Crippen molar-refractivity contribution in [3.63, 3.8) is 0 Å². The number of hydrogen-bond acceptors (Lipinski definition) is 6. The molecule has 0 radical (unpaired) electrons. The lowest BCUT2D eigenvalue weighted by Crippen LogP contribution is -2.35. The number of aromatic nitrogens is 1. The number of rotatable bonds is 10. The van der Waals surface area contributed by atoms with Gasteiger partial charge in [-0.05, 0) is 60.0 Å². The predicted molar refractivity (Wildman–Crippen MR) is 144 cm³/mol. The maximum absolute atomic E-state index is 14.2. The van der Waals surface area contributed by atoms with Crippen molar-refractivity contribution in [2.75, 3.05) is 11.9 Å². The van der Waals surface area contributed by atoms with Gasteiger partial charge in [-0.3, -0.25) is 14.6 Å². The Morgan fingerprint density at radius 2 is 1.77 bits per heavy atom. The Morgan fingerprint density at radius 3 is 2.48 bits per heavy atom. The fourth-order valence-electron chi connectivity index (χ4n) is 4.25. The Labute approximate surface area is 227 Å². The lowest BCUT2D eigenvalue weighted by atomic mass is 9.94. The second kappa shape index (κ2) is 12.1. The number of nitrogens with one attached hydrogen (secondary N) is 3. The van der Waals surface area contributed by atoms with E-state index >= 15 is 0 Å². The normalized spacial score (nSPS) is 11.5. The van der Waals surface area contributed by atoms with Gasteiger partial charge in [0.2, 0.25) is 5.91 Å². The summed E-state index contributed by atoms with van der Waals surface area (Å²) in [5, 5.41) is 23.0. The van der Waals surface area contributed by atoms with Gasteiger partial charge in [0, 0.05) is 41.4 Å². The van der Waals surface area contributed by atoms with Crippen LogP contribution >= 0.6 is 0 Å². The first-order valence-corrected chi connectivity index (χ1v) is 12.0. The zero-order chi connectivity index (χ0) is 28.8. The molecule has 0 fully saturated rings. The number of primary amides is 1. The van der Waals surface area contributed by atoms with Crippen molar-refractivity contribution in [1.82, 2.24) is 10.3 Å². The zero-order valence-corrected chi connectivity index (χ0v) is 20.9. The summed E-state index contributed by atoms with van der Waals surface area (Å²) < 4.78 is 42.1. The zero-order valence-electron chi connectivity index (χ0n) is 20.9. The van der Waals surface area contributed by atoms with Gasteiger partial charge in [-0.2, -0.15) is 0 Å². The minimum atomic E-state index is -0.966. The summed E-state index contributed by atoms with van der Waals surface area (Å²) in [4.78, 5) is 29.2. The minimum absolute atomic E-state index is 0.0627. The fourth-order valence-corrected chi connectivity index (χ4v) is 4.25. The number of pyridine rings is 1. The smallest absolute Gasteiger partial charge is 0.251 e. The van der Waals surface area contributed by atoms with Crippen LogP contribution in [-0.4, -0.2) is 34.7 Å². The van der Waals surface area contributed by atoms with Gasteiger partial charge < -0.3 is 26.9 Å². The maximum atomic E-state index is 14.2. The summed E-state index contributed by atoms with van der Waals surface area (Å²) in [6, 6.07) is 13.4. The molecule has 0 aliphatic rings. The van der Waals surface area contributed by atoms with Crippen molar-refractivity contribution in [2.24, 2.45) is 5.73 Å². The number of carbonyl (C=O) groups excluding carboxylic acids is 2. The lowest BCUT2D eigenvalue weighted by Gasteiger charge is -2.22. The quantitative estimate of drug-likeness (QED) is 0.186. The molecule has 0 spiro atoms. The van der Waals surface area contributed by atoms with E-state index in [0.717, 1.165) is 30.5 Å². The highest BCUT2D eigenvalue weighted by atomic mass is 19.1. The third-order valence-corrected chi connectivity index (χ3v) is 6.04. The molecule has 4 aromatic rings. The summed E-state index contributed by atoms with van der Waals surface area (Å²) in [5.41, 5.74) is 7.10. The number of phenolic OH excluding ortho intramolecular Hbond substituents is 1. The molecule has 204 valence electrons. The molecule has 0 bridgehead atoms. The van der Waals surface area contributed by atoms with Gasteiger partial charge in [-0.1, -0.05) is 12.1 Å². The van der Waals surface area contributed by atoms with E-state index in [9.17, 15) is 27.9 Å². The molecule has 2 amide bonds. The minimum Gasteiger partial charge on any atom is -0.508 e. The number of nitrogens with two attached hydrogens (primary N) is 1. The molecule has 0 saturated carbocycles. The molecule has 1 heterocycles. The average molecular weight is 548 g/mol. The Balaban J connectivity index is 1.69. The Morgan fingerprint density at radius 1 is 1.02 bits per heavy atom. The monoisotopic (exact) mass is 547 g/mol. The van der Waals surface area contributed by atoms with E-state index in [2.05, 4.69) is 15.6 Å². The second-order valence-corrected chi connectivity index (χ2v) is 8.87. The van der Waals surface area contributed by atoms with Crippen LogP contribution < -0.4 is 16.4 Å². The molecule has 0 aliphatic heterocycles. The molecule has 1 atom stereocenters. The molecule has 3 aromatic carbocycles. The van der Waals surface area contributed by atoms with Gasteiger partial charge in [-0.15, -0.1) is 0 Å². The van der Waals surface area contributed by atoms with E-state index in [1.54, 1.807) is 12.1 Å². The topological polar surface area (TPSA) is 141 Å². The lowest BCUT2D eigenvalue weighted by molar-refractivity contribution is -0.120. The van der Waals surface area contributed by atoms with Crippen LogP contribution in [0.25, 0.3) is 11.1 Å². The Hall–Kier alpha value is -5.19. The number of benzene rings is 3. The molecular formula is C29H24F3N5O3. The highest BCUT2D eigenvalue weighted by Crippen LogP contribution is 2.30. The molecular weight excluding hydrogens is 523 g/mol. The van der Waals surface area contributed by atoms with Gasteiger partial charge in [-0.25, -0.2) is 13.2 Å². The van der Waals surface area contributed by atoms with Crippen LogP contribution in [0, 0.1) is 22.9 Å². The first kappa shape index (κ1) is 27.8. The molecule has 11 heteroatoms. The number of hydrogen-bond donors (Lipinski definition) is 5. The first-order chi connectivity index (χ1) is 19.1. The standard InChI is InChI=1S/C29H24F3N5O3/c30-19-8-16(9-20(31)12-19)10-26(37-27(39)15-36-25-13-21(38)5-3-18(25)14-33)28-22(2-1-7-35-28)17-4-6-24(32)23(11-17)29(34)40/h1-9,11-14,26,33,36,38H,10,15H2,(H2,34,40)(H,37,39).